The van der Waals surface area contributed by atoms with Gasteiger partial charge in [0.15, 0.2) is 0 Å². The maximum Gasteiger partial charge on any atom is 1.00 e. The molecule has 0 saturated carbocycles. The van der Waals surface area contributed by atoms with E-state index in [0.29, 0.717) is 0 Å². The Morgan fingerprint density at radius 3 is 1.25 bits per heavy atom. The zero-order valence-corrected chi connectivity index (χ0v) is 10.9. The molecule has 0 spiro atoms. The molecule has 3 nitrogen and oxygen atoms in total. The minimum atomic E-state index is -3.37. The predicted octanol–water partition coefficient (Wildman–Crippen LogP) is -7.08. The average molecular weight is 173 g/mol. The summed E-state index contributed by atoms with van der Waals surface area (Å²) in [4.78, 5) is 17.0. The van der Waals surface area contributed by atoms with Gasteiger partial charge >= 0.3 is 59.1 Å². The molecule has 8 heavy (non-hydrogen) atoms. The van der Waals surface area contributed by atoms with Crippen molar-refractivity contribution in [3.05, 3.63) is 0 Å². The molecule has 0 radical (unpaired) electrons. The van der Waals surface area contributed by atoms with Crippen LogP contribution in [0.3, 0.4) is 0 Å². The largest absolute Gasteiger partial charge is 1.00 e. The molecule has 0 amide bonds. The summed E-state index contributed by atoms with van der Waals surface area (Å²) in [7, 11) is -3.37. The van der Waals surface area contributed by atoms with Gasteiger partial charge in [0.1, 0.15) is 0 Å². The van der Waals surface area contributed by atoms with Crippen molar-refractivity contribution in [1.29, 1.82) is 0 Å². The van der Waals surface area contributed by atoms with E-state index in [1.807, 2.05) is 0 Å². The molecule has 0 aliphatic rings. The monoisotopic (exact) mass is 173 g/mol. The van der Waals surface area contributed by atoms with Crippen LogP contribution < -0.4 is 68.9 Å². The Hall–Kier alpha value is 2.37. The van der Waals surface area contributed by atoms with Crippen LogP contribution in [-0.4, -0.2) is 6.26 Å². The third-order valence-electron chi connectivity index (χ3n) is 0. The second-order valence-corrected chi connectivity index (χ2v) is 0.671. The molecule has 0 N–H and O–H groups in total. The van der Waals surface area contributed by atoms with E-state index in [4.69, 9.17) is 14.4 Å². The molecule has 7 heteroatoms. The Bertz CT molecular complexity index is 40.3. The first-order valence-electron chi connectivity index (χ1n) is 0.995. The summed E-state index contributed by atoms with van der Waals surface area (Å²) in [6, 6.07) is 0. The van der Waals surface area contributed by atoms with Gasteiger partial charge in [0.25, 0.3) is 8.25 Å². The molecule has 0 bridgehead atoms. The van der Waals surface area contributed by atoms with Crippen LogP contribution in [0.5, 0.6) is 0 Å². The van der Waals surface area contributed by atoms with E-state index in [2.05, 4.69) is 12.6 Å². The SMILES string of the molecule is CS.O=[P+]([O-])[O-].[Na+].[Na+]. The molecule has 0 fully saturated rings. The molecule has 0 aliphatic heterocycles. The fourth-order valence-corrected chi connectivity index (χ4v) is 0. The summed E-state index contributed by atoms with van der Waals surface area (Å²) in [5, 5.41) is 0. The molecule has 38 valence electrons. The first kappa shape index (κ1) is 22.4. The quantitative estimate of drug-likeness (QED) is 0.225. The Balaban J connectivity index is -0.0000000183. The van der Waals surface area contributed by atoms with Crippen molar-refractivity contribution in [3.63, 3.8) is 0 Å². The number of thiol groups is 1. The van der Waals surface area contributed by atoms with Crippen molar-refractivity contribution in [1.82, 2.24) is 0 Å². The second kappa shape index (κ2) is 22.8. The van der Waals surface area contributed by atoms with Crippen molar-refractivity contribution in [3.8, 4) is 0 Å². The summed E-state index contributed by atoms with van der Waals surface area (Å²) < 4.78 is 8.48. The van der Waals surface area contributed by atoms with Crippen molar-refractivity contribution in [2.24, 2.45) is 0 Å². The average Bonchev–Trinajstić information content (AvgIpc) is 1.41. The van der Waals surface area contributed by atoms with E-state index in [-0.39, 0.29) is 59.1 Å². The maximum atomic E-state index is 8.48. The van der Waals surface area contributed by atoms with E-state index in [0.717, 1.165) is 0 Å². The summed E-state index contributed by atoms with van der Waals surface area (Å²) >= 11 is 3.53. The molecule has 0 aromatic rings. The zero-order valence-electron chi connectivity index (χ0n) is 5.12. The fraction of sp³-hybridized carbons (Fsp3) is 1.00. The summed E-state index contributed by atoms with van der Waals surface area (Å²) in [6.45, 7) is 0. The van der Waals surface area contributed by atoms with Crippen molar-refractivity contribution in [2.75, 3.05) is 6.26 Å². The van der Waals surface area contributed by atoms with Crippen molar-refractivity contribution < 1.29 is 73.5 Å². The first-order chi connectivity index (χ1) is 2.73. The van der Waals surface area contributed by atoms with Crippen LogP contribution in [0.4, 0.5) is 0 Å². The number of rotatable bonds is 0. The normalized spacial score (nSPS) is 4.00. The van der Waals surface area contributed by atoms with Crippen LogP contribution >= 0.6 is 20.9 Å². The molecule has 0 unspecified atom stereocenters. The zero-order chi connectivity index (χ0) is 5.58. The Morgan fingerprint density at radius 2 is 1.25 bits per heavy atom. The summed E-state index contributed by atoms with van der Waals surface area (Å²) in [5.74, 6) is 0. The second-order valence-electron chi connectivity index (χ2n) is 0.224. The molecule has 0 rings (SSSR count). The van der Waals surface area contributed by atoms with E-state index >= 15 is 0 Å². The van der Waals surface area contributed by atoms with E-state index in [1.54, 1.807) is 6.26 Å². The van der Waals surface area contributed by atoms with Gasteiger partial charge in [-0.25, -0.2) is 0 Å². The Kier molecular flexibility index (Phi) is 63.8. The van der Waals surface area contributed by atoms with Gasteiger partial charge in [-0.15, -0.1) is 0 Å². The Labute approximate surface area is 99.2 Å². The Morgan fingerprint density at radius 1 is 1.25 bits per heavy atom. The smallest absolute Gasteiger partial charge is 0.598 e. The maximum absolute atomic E-state index is 8.48. The van der Waals surface area contributed by atoms with Gasteiger partial charge < -0.3 is 9.79 Å². The molecule has 0 aromatic heterocycles. The van der Waals surface area contributed by atoms with Gasteiger partial charge in [-0.2, -0.15) is 12.6 Å². The number of hydrogen-bond donors (Lipinski definition) is 1. The first-order valence-corrected chi connectivity index (χ1v) is 2.98. The van der Waals surface area contributed by atoms with E-state index in [9.17, 15) is 0 Å². The molecule has 0 atom stereocenters. The van der Waals surface area contributed by atoms with Crippen molar-refractivity contribution >= 4 is 20.9 Å². The molecule has 0 saturated heterocycles. The van der Waals surface area contributed by atoms with Gasteiger partial charge in [-0.1, -0.05) is 4.57 Å². The van der Waals surface area contributed by atoms with Gasteiger partial charge in [0.05, 0.1) is 0 Å². The van der Waals surface area contributed by atoms with Crippen LogP contribution in [0, 0.1) is 0 Å². The van der Waals surface area contributed by atoms with Crippen LogP contribution in [0.2, 0.25) is 0 Å². The van der Waals surface area contributed by atoms with Gasteiger partial charge in [0.2, 0.25) is 0 Å². The molecular weight excluding hydrogens is 169 g/mol. The molecule has 0 aliphatic carbocycles. The summed E-state index contributed by atoms with van der Waals surface area (Å²) in [6.07, 6.45) is 1.69. The summed E-state index contributed by atoms with van der Waals surface area (Å²) in [5.41, 5.74) is 0. The van der Waals surface area contributed by atoms with Crippen LogP contribution in [0.25, 0.3) is 0 Å². The minimum Gasteiger partial charge on any atom is -0.598 e. The van der Waals surface area contributed by atoms with Crippen LogP contribution in [0.1, 0.15) is 0 Å². The van der Waals surface area contributed by atoms with Crippen LogP contribution in [0.15, 0.2) is 0 Å². The minimum absolute atomic E-state index is 0. The predicted molar refractivity (Wildman–Crippen MR) is 22.5 cm³/mol. The standard InChI is InChI=1S/CH4S.2Na.HO3P/c1-2;;;1-4(2)3/h2H,1H3;;;(H,1,2,3)/q;2*+1;/p-1. The molecule has 0 aromatic carbocycles. The van der Waals surface area contributed by atoms with E-state index in [1.165, 1.54) is 0 Å². The third kappa shape index (κ3) is 80.9. The fourth-order valence-electron chi connectivity index (χ4n) is 0. The van der Waals surface area contributed by atoms with Gasteiger partial charge in [0, 0.05) is 0 Å². The van der Waals surface area contributed by atoms with Crippen molar-refractivity contribution in [2.45, 2.75) is 0 Å². The van der Waals surface area contributed by atoms with Gasteiger partial charge in [-0.05, 0) is 6.26 Å². The number of hydrogen-bond acceptors (Lipinski definition) is 4. The molecule has 0 heterocycles. The van der Waals surface area contributed by atoms with E-state index < -0.39 is 8.25 Å². The van der Waals surface area contributed by atoms with Crippen LogP contribution in [-0.2, 0) is 4.57 Å². The third-order valence-corrected chi connectivity index (χ3v) is 0. The topological polar surface area (TPSA) is 63.2 Å². The molecular formula is CH4Na2O3PS+. The van der Waals surface area contributed by atoms with Gasteiger partial charge in [-0.3, -0.25) is 0 Å².